The molecule has 0 spiro atoms. The number of nitro groups is 1. The molecule has 0 radical (unpaired) electrons. The van der Waals surface area contributed by atoms with Gasteiger partial charge < -0.3 is 5.43 Å². The van der Waals surface area contributed by atoms with Crippen LogP contribution in [0.2, 0.25) is 0 Å². The maximum absolute atomic E-state index is 12.2. The van der Waals surface area contributed by atoms with Crippen LogP contribution in [0.15, 0.2) is 36.0 Å². The predicted molar refractivity (Wildman–Crippen MR) is 93.2 cm³/mol. The van der Waals surface area contributed by atoms with Gasteiger partial charge in [-0.15, -0.1) is 0 Å². The molecule has 0 heterocycles. The fraction of sp³-hybridized carbons (Fsp3) is 0.500. The first-order valence-corrected chi connectivity index (χ1v) is 8.34. The van der Waals surface area contributed by atoms with Gasteiger partial charge in [0.2, 0.25) is 0 Å². The number of hydrazine groups is 1. The van der Waals surface area contributed by atoms with E-state index in [1.54, 1.807) is 12.1 Å². The molecule has 1 aliphatic rings. The Morgan fingerprint density at radius 3 is 2.67 bits per heavy atom. The summed E-state index contributed by atoms with van der Waals surface area (Å²) in [6, 6.07) is 5.93. The van der Waals surface area contributed by atoms with Crippen molar-refractivity contribution < 1.29 is 9.72 Å². The summed E-state index contributed by atoms with van der Waals surface area (Å²) < 4.78 is 0. The first kappa shape index (κ1) is 18.0. The van der Waals surface area contributed by atoms with Crippen molar-refractivity contribution in [1.82, 2.24) is 10.9 Å². The van der Waals surface area contributed by atoms with Crippen molar-refractivity contribution in [1.29, 1.82) is 0 Å². The minimum Gasteiger partial charge on any atom is -0.303 e. The van der Waals surface area contributed by atoms with Crippen LogP contribution in [0, 0.1) is 21.4 Å². The largest absolute Gasteiger partial charge is 0.303 e. The van der Waals surface area contributed by atoms with Gasteiger partial charge in [-0.2, -0.15) is 0 Å². The van der Waals surface area contributed by atoms with Crippen LogP contribution >= 0.6 is 0 Å². The number of carbonyl (C=O) groups excluding carboxylic acids is 1. The molecule has 0 aromatic heterocycles. The number of hydrogen-bond donors (Lipinski definition) is 2. The highest BCUT2D eigenvalue weighted by Gasteiger charge is 2.29. The van der Waals surface area contributed by atoms with Crippen LogP contribution in [0.3, 0.4) is 0 Å². The summed E-state index contributed by atoms with van der Waals surface area (Å²) in [6.07, 6.45) is 6.17. The van der Waals surface area contributed by atoms with Crippen molar-refractivity contribution in [2.24, 2.45) is 11.3 Å². The molecule has 2 N–H and O–H groups in total. The summed E-state index contributed by atoms with van der Waals surface area (Å²) >= 11 is 0. The Hall–Kier alpha value is -2.37. The molecule has 6 nitrogen and oxygen atoms in total. The molecule has 1 aromatic carbocycles. The Morgan fingerprint density at radius 2 is 2.08 bits per heavy atom. The summed E-state index contributed by atoms with van der Waals surface area (Å²) in [4.78, 5) is 22.6. The van der Waals surface area contributed by atoms with Crippen molar-refractivity contribution in [3.05, 3.63) is 51.7 Å². The molecule has 1 atom stereocenters. The molecule has 1 unspecified atom stereocenters. The second kappa shape index (κ2) is 7.47. The molecule has 130 valence electrons. The first-order valence-electron chi connectivity index (χ1n) is 8.34. The number of nitrogens with one attached hydrogen (secondary N) is 2. The van der Waals surface area contributed by atoms with Gasteiger partial charge in [0.25, 0.3) is 11.6 Å². The van der Waals surface area contributed by atoms with E-state index in [2.05, 4.69) is 37.7 Å². The third kappa shape index (κ3) is 4.13. The Morgan fingerprint density at radius 1 is 1.38 bits per heavy atom. The molecule has 0 bridgehead atoms. The lowest BCUT2D eigenvalue weighted by atomic mass is 9.71. The second-order valence-electron chi connectivity index (χ2n) is 6.90. The number of carbonyl (C=O) groups is 1. The number of nitro benzene ring substituents is 1. The summed E-state index contributed by atoms with van der Waals surface area (Å²) in [5.74, 6) is 0.137. The molecule has 0 saturated carbocycles. The van der Waals surface area contributed by atoms with E-state index >= 15 is 0 Å². The van der Waals surface area contributed by atoms with Crippen LogP contribution in [0.1, 0.15) is 56.8 Å². The van der Waals surface area contributed by atoms with Crippen molar-refractivity contribution in [3.63, 3.8) is 0 Å². The number of para-hydroxylation sites is 1. The number of rotatable bonds is 6. The molecule has 1 aromatic rings. The molecular formula is C18H25N3O3. The molecule has 6 heteroatoms. The lowest BCUT2D eigenvalue weighted by Gasteiger charge is -2.35. The van der Waals surface area contributed by atoms with Gasteiger partial charge in [-0.05, 0) is 36.7 Å². The van der Waals surface area contributed by atoms with Crippen LogP contribution in [-0.4, -0.2) is 10.8 Å². The smallest absolute Gasteiger partial charge is 0.282 e. The van der Waals surface area contributed by atoms with Gasteiger partial charge in [-0.25, -0.2) is 0 Å². The molecule has 0 saturated heterocycles. The minimum absolute atomic E-state index is 0.0522. The highest BCUT2D eigenvalue weighted by atomic mass is 16.6. The molecule has 0 aliphatic heterocycles. The van der Waals surface area contributed by atoms with Gasteiger partial charge in [0.05, 0.1) is 4.92 Å². The summed E-state index contributed by atoms with van der Waals surface area (Å²) in [5.41, 5.74) is 6.62. The quantitative estimate of drug-likeness (QED) is 0.610. The lowest BCUT2D eigenvalue weighted by molar-refractivity contribution is -0.385. The van der Waals surface area contributed by atoms with Crippen LogP contribution in [-0.2, 0) is 0 Å². The van der Waals surface area contributed by atoms with Crippen LogP contribution in [0.5, 0.6) is 0 Å². The maximum atomic E-state index is 12.2. The van der Waals surface area contributed by atoms with E-state index in [0.717, 1.165) is 31.4 Å². The van der Waals surface area contributed by atoms with Crippen molar-refractivity contribution in [2.75, 3.05) is 0 Å². The van der Waals surface area contributed by atoms with E-state index in [1.807, 2.05) is 0 Å². The van der Waals surface area contributed by atoms with Crippen molar-refractivity contribution in [3.8, 4) is 0 Å². The van der Waals surface area contributed by atoms with Crippen LogP contribution < -0.4 is 10.9 Å². The summed E-state index contributed by atoms with van der Waals surface area (Å²) in [5, 5.41) is 11.0. The van der Waals surface area contributed by atoms with Gasteiger partial charge in [0.1, 0.15) is 5.56 Å². The van der Waals surface area contributed by atoms with Gasteiger partial charge >= 0.3 is 0 Å². The summed E-state index contributed by atoms with van der Waals surface area (Å²) in [6.45, 7) is 6.80. The zero-order valence-corrected chi connectivity index (χ0v) is 14.5. The highest BCUT2D eigenvalue weighted by Crippen LogP contribution is 2.39. The van der Waals surface area contributed by atoms with E-state index in [4.69, 9.17) is 0 Å². The van der Waals surface area contributed by atoms with Crippen LogP contribution in [0.25, 0.3) is 0 Å². The number of nitrogens with zero attached hydrogens (tertiary/aromatic N) is 1. The standard InChI is InChI=1S/C18H25N3O3/c1-4-18(2,3)13-9-11-14(12-10-13)19-20-17(22)15-7-5-6-8-16(15)21(23)24/h5-8,11,13,19H,4,9-10,12H2,1-3H3,(H,20,22). The Labute approximate surface area is 142 Å². The van der Waals surface area contributed by atoms with E-state index in [0.29, 0.717) is 11.3 Å². The van der Waals surface area contributed by atoms with E-state index in [-0.39, 0.29) is 11.3 Å². The second-order valence-corrected chi connectivity index (χ2v) is 6.90. The first-order chi connectivity index (χ1) is 11.3. The summed E-state index contributed by atoms with van der Waals surface area (Å²) in [7, 11) is 0. The van der Waals surface area contributed by atoms with E-state index < -0.39 is 10.8 Å². The lowest BCUT2D eigenvalue weighted by Crippen LogP contribution is -2.38. The van der Waals surface area contributed by atoms with Crippen molar-refractivity contribution >= 4 is 11.6 Å². The van der Waals surface area contributed by atoms with Crippen LogP contribution in [0.4, 0.5) is 5.69 Å². The molecule has 24 heavy (non-hydrogen) atoms. The van der Waals surface area contributed by atoms with Gasteiger partial charge in [-0.1, -0.05) is 45.4 Å². The molecule has 1 amide bonds. The fourth-order valence-electron chi connectivity index (χ4n) is 2.98. The van der Waals surface area contributed by atoms with E-state index in [1.165, 1.54) is 12.1 Å². The van der Waals surface area contributed by atoms with Gasteiger partial charge in [-0.3, -0.25) is 20.3 Å². The molecular weight excluding hydrogens is 306 g/mol. The SMILES string of the molecule is CCC(C)(C)C1CC=C(NNC(=O)c2ccccc2[N+](=O)[O-])CC1. The van der Waals surface area contributed by atoms with Gasteiger partial charge in [0.15, 0.2) is 0 Å². The fourth-order valence-corrected chi connectivity index (χ4v) is 2.98. The maximum Gasteiger partial charge on any atom is 0.282 e. The highest BCUT2D eigenvalue weighted by molar-refractivity contribution is 5.97. The third-order valence-electron chi connectivity index (χ3n) is 5.11. The Kier molecular flexibility index (Phi) is 5.59. The minimum atomic E-state index is -0.549. The Bertz CT molecular complexity index is 653. The predicted octanol–water partition coefficient (Wildman–Crippen LogP) is 3.95. The average Bonchev–Trinajstić information content (AvgIpc) is 2.60. The Balaban J connectivity index is 1.95. The zero-order chi connectivity index (χ0) is 17.7. The third-order valence-corrected chi connectivity index (χ3v) is 5.11. The monoisotopic (exact) mass is 331 g/mol. The number of hydrogen-bond acceptors (Lipinski definition) is 4. The number of benzene rings is 1. The number of amides is 1. The van der Waals surface area contributed by atoms with Gasteiger partial charge in [0, 0.05) is 11.8 Å². The molecule has 0 fully saturated rings. The normalized spacial score (nSPS) is 17.8. The number of allylic oxidation sites excluding steroid dienone is 2. The average molecular weight is 331 g/mol. The molecule has 2 rings (SSSR count). The van der Waals surface area contributed by atoms with Crippen molar-refractivity contribution in [2.45, 2.75) is 46.5 Å². The van der Waals surface area contributed by atoms with E-state index in [9.17, 15) is 14.9 Å². The topological polar surface area (TPSA) is 84.3 Å². The zero-order valence-electron chi connectivity index (χ0n) is 14.5. The molecule has 1 aliphatic carbocycles.